The summed E-state index contributed by atoms with van der Waals surface area (Å²) in [7, 11) is 0. The van der Waals surface area contributed by atoms with Crippen LogP contribution in [0.1, 0.15) is 30.5 Å². The van der Waals surface area contributed by atoms with Crippen molar-refractivity contribution < 1.29 is 14.3 Å². The smallest absolute Gasteiger partial charge is 0.261 e. The summed E-state index contributed by atoms with van der Waals surface area (Å²) in [6.07, 6.45) is -0.568. The van der Waals surface area contributed by atoms with E-state index in [1.807, 2.05) is 70.2 Å². The van der Waals surface area contributed by atoms with E-state index in [2.05, 4.69) is 5.32 Å². The average molecular weight is 341 g/mol. The summed E-state index contributed by atoms with van der Waals surface area (Å²) >= 11 is 0. The van der Waals surface area contributed by atoms with E-state index in [0.717, 1.165) is 28.2 Å². The number of carbonyl (C=O) groups excluding carboxylic acids is 1. The van der Waals surface area contributed by atoms with Gasteiger partial charge in [-0.15, -0.1) is 0 Å². The lowest BCUT2D eigenvalue weighted by atomic mass is 10.1. The van der Waals surface area contributed by atoms with Crippen molar-refractivity contribution >= 4 is 5.91 Å². The fraction of sp³-hybridized carbons (Fsp3) is 0.381. The normalized spacial score (nSPS) is 13.0. The number of benzene rings is 2. The lowest BCUT2D eigenvalue weighted by molar-refractivity contribution is -0.128. The second-order valence-electron chi connectivity index (χ2n) is 6.44. The molecule has 0 unspecified atom stereocenters. The minimum absolute atomic E-state index is 0.114. The molecule has 2 rings (SSSR count). The molecular formula is C21H27NO3. The Labute approximate surface area is 150 Å². The Morgan fingerprint density at radius 2 is 1.60 bits per heavy atom. The highest BCUT2D eigenvalue weighted by atomic mass is 16.5. The third kappa shape index (κ3) is 5.24. The number of carbonyl (C=O) groups is 1. The first-order valence-electron chi connectivity index (χ1n) is 8.60. The van der Waals surface area contributed by atoms with Crippen LogP contribution in [-0.4, -0.2) is 24.7 Å². The molecule has 2 atom stereocenters. The van der Waals surface area contributed by atoms with Gasteiger partial charge in [0.1, 0.15) is 18.1 Å². The number of ether oxygens (including phenoxy) is 2. The van der Waals surface area contributed by atoms with Crippen molar-refractivity contribution in [2.45, 2.75) is 46.8 Å². The molecule has 0 fully saturated rings. The second kappa shape index (κ2) is 8.56. The molecule has 0 bridgehead atoms. The SMILES string of the molecule is Cc1ccccc1OC[C@@H](C)NC(=O)[C@@H](C)Oc1cccc(C)c1C. The number of hydrogen-bond donors (Lipinski definition) is 1. The number of amides is 1. The van der Waals surface area contributed by atoms with Crippen LogP contribution in [0, 0.1) is 20.8 Å². The fourth-order valence-electron chi connectivity index (χ4n) is 2.43. The molecule has 0 aliphatic heterocycles. The monoisotopic (exact) mass is 341 g/mol. The molecule has 0 saturated carbocycles. The molecule has 0 spiro atoms. The Balaban J connectivity index is 1.85. The standard InChI is InChI=1S/C21H27NO3/c1-14-10-8-12-20(17(14)4)25-18(5)21(23)22-16(3)13-24-19-11-7-6-9-15(19)2/h6-12,16,18H,13H2,1-5H3,(H,22,23)/t16-,18-/m1/s1. The predicted octanol–water partition coefficient (Wildman–Crippen LogP) is 3.96. The van der Waals surface area contributed by atoms with E-state index in [9.17, 15) is 4.79 Å². The summed E-state index contributed by atoms with van der Waals surface area (Å²) in [5, 5.41) is 2.93. The quantitative estimate of drug-likeness (QED) is 0.829. The zero-order valence-electron chi connectivity index (χ0n) is 15.6. The Morgan fingerprint density at radius 3 is 2.32 bits per heavy atom. The largest absolute Gasteiger partial charge is 0.491 e. The van der Waals surface area contributed by atoms with Crippen molar-refractivity contribution in [3.8, 4) is 11.5 Å². The first-order chi connectivity index (χ1) is 11.9. The highest BCUT2D eigenvalue weighted by Crippen LogP contribution is 2.21. The summed E-state index contributed by atoms with van der Waals surface area (Å²) in [5.74, 6) is 1.43. The highest BCUT2D eigenvalue weighted by Gasteiger charge is 2.18. The number of rotatable bonds is 7. The van der Waals surface area contributed by atoms with Crippen LogP contribution < -0.4 is 14.8 Å². The molecule has 1 amide bonds. The van der Waals surface area contributed by atoms with E-state index in [-0.39, 0.29) is 11.9 Å². The maximum atomic E-state index is 12.3. The maximum Gasteiger partial charge on any atom is 0.261 e. The zero-order chi connectivity index (χ0) is 18.4. The lowest BCUT2D eigenvalue weighted by Crippen LogP contribution is -2.43. The first kappa shape index (κ1) is 18.8. The van der Waals surface area contributed by atoms with Crippen LogP contribution in [0.3, 0.4) is 0 Å². The Morgan fingerprint density at radius 1 is 0.960 bits per heavy atom. The van der Waals surface area contributed by atoms with Crippen molar-refractivity contribution in [1.82, 2.24) is 5.32 Å². The van der Waals surface area contributed by atoms with Crippen molar-refractivity contribution in [2.75, 3.05) is 6.61 Å². The molecule has 1 N–H and O–H groups in total. The maximum absolute atomic E-state index is 12.3. The topological polar surface area (TPSA) is 47.6 Å². The molecule has 0 aromatic heterocycles. The molecule has 0 saturated heterocycles. The van der Waals surface area contributed by atoms with Crippen LogP contribution in [0.4, 0.5) is 0 Å². The van der Waals surface area contributed by atoms with Gasteiger partial charge in [0.15, 0.2) is 6.10 Å². The van der Waals surface area contributed by atoms with Crippen LogP contribution in [0.25, 0.3) is 0 Å². The summed E-state index contributed by atoms with van der Waals surface area (Å²) < 4.78 is 11.6. The number of para-hydroxylation sites is 1. The molecule has 2 aromatic rings. The van der Waals surface area contributed by atoms with Gasteiger partial charge in [0.2, 0.25) is 0 Å². The summed E-state index contributed by atoms with van der Waals surface area (Å²) in [6.45, 7) is 10.1. The summed E-state index contributed by atoms with van der Waals surface area (Å²) in [6, 6.07) is 13.6. The Hall–Kier alpha value is -2.49. The van der Waals surface area contributed by atoms with Crippen molar-refractivity contribution in [3.05, 3.63) is 59.2 Å². The van der Waals surface area contributed by atoms with Crippen LogP contribution in [0.5, 0.6) is 11.5 Å². The van der Waals surface area contributed by atoms with E-state index >= 15 is 0 Å². The van der Waals surface area contributed by atoms with E-state index in [0.29, 0.717) is 6.61 Å². The van der Waals surface area contributed by atoms with Crippen LogP contribution >= 0.6 is 0 Å². The van der Waals surface area contributed by atoms with Gasteiger partial charge in [0.05, 0.1) is 6.04 Å². The van der Waals surface area contributed by atoms with Crippen molar-refractivity contribution in [2.24, 2.45) is 0 Å². The molecule has 0 aliphatic rings. The van der Waals surface area contributed by atoms with Gasteiger partial charge in [-0.2, -0.15) is 0 Å². The number of nitrogens with one attached hydrogen (secondary N) is 1. The molecule has 0 heterocycles. The number of hydrogen-bond acceptors (Lipinski definition) is 3. The minimum atomic E-state index is -0.568. The fourth-order valence-corrected chi connectivity index (χ4v) is 2.43. The van der Waals surface area contributed by atoms with E-state index in [4.69, 9.17) is 9.47 Å². The molecule has 134 valence electrons. The van der Waals surface area contributed by atoms with Gasteiger partial charge in [-0.25, -0.2) is 0 Å². The third-order valence-corrected chi connectivity index (χ3v) is 4.20. The summed E-state index contributed by atoms with van der Waals surface area (Å²) in [4.78, 5) is 12.3. The van der Waals surface area contributed by atoms with E-state index in [1.165, 1.54) is 0 Å². The Kier molecular flexibility index (Phi) is 6.45. The van der Waals surface area contributed by atoms with Gasteiger partial charge >= 0.3 is 0 Å². The van der Waals surface area contributed by atoms with Gasteiger partial charge in [0, 0.05) is 0 Å². The van der Waals surface area contributed by atoms with Gasteiger partial charge in [0.25, 0.3) is 5.91 Å². The highest BCUT2D eigenvalue weighted by molar-refractivity contribution is 5.81. The zero-order valence-corrected chi connectivity index (χ0v) is 15.6. The van der Waals surface area contributed by atoms with Crippen LogP contribution in [0.2, 0.25) is 0 Å². The lowest BCUT2D eigenvalue weighted by Gasteiger charge is -2.20. The predicted molar refractivity (Wildman–Crippen MR) is 100 cm³/mol. The van der Waals surface area contributed by atoms with Crippen LogP contribution in [0.15, 0.2) is 42.5 Å². The number of aryl methyl sites for hydroxylation is 2. The van der Waals surface area contributed by atoms with E-state index in [1.54, 1.807) is 6.92 Å². The summed E-state index contributed by atoms with van der Waals surface area (Å²) in [5.41, 5.74) is 3.27. The van der Waals surface area contributed by atoms with Gasteiger partial charge in [-0.3, -0.25) is 4.79 Å². The molecule has 0 radical (unpaired) electrons. The Bertz CT molecular complexity index is 727. The molecule has 0 aliphatic carbocycles. The van der Waals surface area contributed by atoms with Crippen molar-refractivity contribution in [3.63, 3.8) is 0 Å². The first-order valence-corrected chi connectivity index (χ1v) is 8.60. The molecule has 25 heavy (non-hydrogen) atoms. The average Bonchev–Trinajstić information content (AvgIpc) is 2.58. The van der Waals surface area contributed by atoms with Crippen molar-refractivity contribution in [1.29, 1.82) is 0 Å². The van der Waals surface area contributed by atoms with Crippen LogP contribution in [-0.2, 0) is 4.79 Å². The molecule has 4 nitrogen and oxygen atoms in total. The molecule has 4 heteroatoms. The minimum Gasteiger partial charge on any atom is -0.491 e. The van der Waals surface area contributed by atoms with Gasteiger partial charge in [-0.1, -0.05) is 30.3 Å². The molecule has 2 aromatic carbocycles. The molecular weight excluding hydrogens is 314 g/mol. The third-order valence-electron chi connectivity index (χ3n) is 4.20. The van der Waals surface area contributed by atoms with Gasteiger partial charge < -0.3 is 14.8 Å². The second-order valence-corrected chi connectivity index (χ2v) is 6.44. The van der Waals surface area contributed by atoms with E-state index < -0.39 is 6.10 Å². The van der Waals surface area contributed by atoms with Gasteiger partial charge in [-0.05, 0) is 63.4 Å².